The van der Waals surface area contributed by atoms with Crippen LogP contribution in [0.5, 0.6) is 0 Å². The van der Waals surface area contributed by atoms with E-state index in [2.05, 4.69) is 31.7 Å². The molecule has 3 rings (SSSR count). The van der Waals surface area contributed by atoms with E-state index in [1.165, 1.54) is 4.90 Å². The van der Waals surface area contributed by atoms with E-state index >= 15 is 0 Å². The van der Waals surface area contributed by atoms with Crippen molar-refractivity contribution in [3.05, 3.63) is 24.2 Å². The number of alkyl carbamates (subject to hydrolysis) is 1. The summed E-state index contributed by atoms with van der Waals surface area (Å²) in [4.78, 5) is 25.7. The Labute approximate surface area is 191 Å². The van der Waals surface area contributed by atoms with Crippen molar-refractivity contribution in [3.8, 4) is 0 Å². The van der Waals surface area contributed by atoms with Crippen LogP contribution in [0.1, 0.15) is 64.3 Å². The molecule has 3 amide bonds. The zero-order chi connectivity index (χ0) is 24.6. The number of fused-ring (bicyclic) bond motifs is 2. The molecule has 2 aliphatic heterocycles. The molecule has 2 aliphatic rings. The summed E-state index contributed by atoms with van der Waals surface area (Å²) < 4.78 is 46.3. The van der Waals surface area contributed by atoms with Crippen molar-refractivity contribution < 1.29 is 36.0 Å². The highest BCUT2D eigenvalue weighted by Crippen LogP contribution is 2.38. The standard InChI is InChI=1S/C18H28N6O8S/c1-10(8-19-11(2)20-16(25)31-18(3,4)5)14-21-22-15(30-14)13-7-6-12-9-23(13)17(26)24(12)32-33(27,28)29/h10,12-13,19H,2,6-9H2,1,3-5H3,(H,20,25)(H,27,28,29)/t10-,12-,13+/m1/s1. The highest BCUT2D eigenvalue weighted by molar-refractivity contribution is 7.80. The number of carbonyl (C=O) groups is 2. The van der Waals surface area contributed by atoms with Gasteiger partial charge in [-0.15, -0.1) is 14.5 Å². The second kappa shape index (κ2) is 9.15. The van der Waals surface area contributed by atoms with Gasteiger partial charge in [0, 0.05) is 13.1 Å². The summed E-state index contributed by atoms with van der Waals surface area (Å²) in [5, 5.41) is 14.2. The lowest BCUT2D eigenvalue weighted by atomic mass is 10.0. The number of rotatable bonds is 8. The van der Waals surface area contributed by atoms with Gasteiger partial charge < -0.3 is 19.4 Å². The number of nitrogens with one attached hydrogen (secondary N) is 2. The third kappa shape index (κ3) is 6.33. The SMILES string of the molecule is C=C(NC[C@@H](C)c1nnc([C@@H]2CC[C@@H]3CN2C(=O)N3OS(=O)(=O)O)o1)NC(=O)OC(C)(C)C. The summed E-state index contributed by atoms with van der Waals surface area (Å²) in [6.45, 7) is 11.3. The number of ether oxygens (including phenoxy) is 1. The Bertz CT molecular complexity index is 1020. The van der Waals surface area contributed by atoms with Gasteiger partial charge in [-0.1, -0.05) is 13.5 Å². The third-order valence-electron chi connectivity index (χ3n) is 4.93. The second-order valence-corrected chi connectivity index (χ2v) is 9.88. The van der Waals surface area contributed by atoms with Crippen molar-refractivity contribution in [1.82, 2.24) is 30.8 Å². The normalized spacial score (nSPS) is 21.7. The first-order valence-electron chi connectivity index (χ1n) is 10.3. The topological polar surface area (TPSA) is 176 Å². The molecule has 3 atom stereocenters. The van der Waals surface area contributed by atoms with Crippen LogP contribution in [0.3, 0.4) is 0 Å². The molecule has 0 spiro atoms. The molecule has 2 bridgehead atoms. The van der Waals surface area contributed by atoms with Crippen LogP contribution in [0.4, 0.5) is 9.59 Å². The number of carbonyl (C=O) groups excluding carboxylic acids is 2. The lowest BCUT2D eigenvalue weighted by Gasteiger charge is -2.27. The van der Waals surface area contributed by atoms with Crippen LogP contribution in [-0.4, -0.2) is 70.0 Å². The number of urea groups is 1. The molecule has 2 fully saturated rings. The molecule has 184 valence electrons. The van der Waals surface area contributed by atoms with E-state index in [0.29, 0.717) is 30.3 Å². The van der Waals surface area contributed by atoms with Gasteiger partial charge in [0.05, 0.1) is 12.0 Å². The van der Waals surface area contributed by atoms with Crippen molar-refractivity contribution in [3.63, 3.8) is 0 Å². The van der Waals surface area contributed by atoms with E-state index in [9.17, 15) is 18.0 Å². The fraction of sp³-hybridized carbons (Fsp3) is 0.667. The van der Waals surface area contributed by atoms with Gasteiger partial charge in [0.1, 0.15) is 17.5 Å². The molecule has 0 aromatic carbocycles. The molecular formula is C18H28N6O8S. The zero-order valence-electron chi connectivity index (χ0n) is 18.8. The fourth-order valence-corrected chi connectivity index (χ4v) is 3.89. The fourth-order valence-electron chi connectivity index (χ4n) is 3.50. The summed E-state index contributed by atoms with van der Waals surface area (Å²) in [6, 6.07) is -1.77. The lowest BCUT2D eigenvalue weighted by Crippen LogP contribution is -2.36. The highest BCUT2D eigenvalue weighted by Gasteiger charge is 2.49. The van der Waals surface area contributed by atoms with Crippen molar-refractivity contribution in [2.75, 3.05) is 13.1 Å². The van der Waals surface area contributed by atoms with Gasteiger partial charge in [-0.05, 0) is 33.6 Å². The second-order valence-electron chi connectivity index (χ2n) is 8.88. The first-order chi connectivity index (χ1) is 15.2. The van der Waals surface area contributed by atoms with E-state index in [1.54, 1.807) is 20.8 Å². The number of hydrogen-bond acceptors (Lipinski definition) is 10. The summed E-state index contributed by atoms with van der Waals surface area (Å²) in [5.74, 6) is 0.509. The molecule has 3 heterocycles. The van der Waals surface area contributed by atoms with Crippen LogP contribution < -0.4 is 10.6 Å². The number of hydrogen-bond donors (Lipinski definition) is 3. The molecule has 0 radical (unpaired) electrons. The Hall–Kier alpha value is -2.91. The van der Waals surface area contributed by atoms with Gasteiger partial charge >= 0.3 is 22.5 Å². The van der Waals surface area contributed by atoms with E-state index < -0.39 is 40.2 Å². The van der Waals surface area contributed by atoms with Gasteiger partial charge in [-0.25, -0.2) is 9.59 Å². The maximum atomic E-state index is 12.5. The van der Waals surface area contributed by atoms with Gasteiger partial charge in [-0.2, -0.15) is 13.5 Å². The molecule has 0 saturated carbocycles. The van der Waals surface area contributed by atoms with E-state index in [1.807, 2.05) is 6.92 Å². The van der Waals surface area contributed by atoms with Gasteiger partial charge in [0.15, 0.2) is 0 Å². The van der Waals surface area contributed by atoms with Crippen molar-refractivity contribution in [1.29, 1.82) is 0 Å². The molecular weight excluding hydrogens is 460 g/mol. The molecule has 1 aromatic rings. The minimum absolute atomic E-state index is 0.198. The van der Waals surface area contributed by atoms with Crippen molar-refractivity contribution in [2.24, 2.45) is 0 Å². The van der Waals surface area contributed by atoms with Crippen molar-refractivity contribution >= 4 is 22.5 Å². The van der Waals surface area contributed by atoms with Gasteiger partial charge in [0.2, 0.25) is 11.8 Å². The van der Waals surface area contributed by atoms with Crippen LogP contribution in [-0.2, 0) is 19.4 Å². The number of piperidine rings is 1. The third-order valence-corrected chi connectivity index (χ3v) is 5.28. The molecule has 15 heteroatoms. The molecule has 0 aliphatic carbocycles. The smallest absolute Gasteiger partial charge is 0.418 e. The van der Waals surface area contributed by atoms with E-state index in [0.717, 1.165) is 0 Å². The highest BCUT2D eigenvalue weighted by atomic mass is 32.3. The molecule has 1 aromatic heterocycles. The van der Waals surface area contributed by atoms with Crippen LogP contribution in [0.25, 0.3) is 0 Å². The molecule has 33 heavy (non-hydrogen) atoms. The van der Waals surface area contributed by atoms with Crippen LogP contribution in [0, 0.1) is 0 Å². The van der Waals surface area contributed by atoms with E-state index in [-0.39, 0.29) is 24.2 Å². The number of aromatic nitrogens is 2. The van der Waals surface area contributed by atoms with E-state index in [4.69, 9.17) is 13.7 Å². The summed E-state index contributed by atoms with van der Waals surface area (Å²) in [5.41, 5.74) is -0.636. The van der Waals surface area contributed by atoms with Crippen LogP contribution in [0.2, 0.25) is 0 Å². The molecule has 3 N–H and O–H groups in total. The average Bonchev–Trinajstić information content (AvgIpc) is 3.24. The van der Waals surface area contributed by atoms with Crippen LogP contribution in [0.15, 0.2) is 16.8 Å². The minimum atomic E-state index is -4.82. The molecule has 2 saturated heterocycles. The summed E-state index contributed by atoms with van der Waals surface area (Å²) in [6.07, 6.45) is 0.241. The summed E-state index contributed by atoms with van der Waals surface area (Å²) >= 11 is 0. The first kappa shape index (κ1) is 24.7. The monoisotopic (exact) mass is 488 g/mol. The quantitative estimate of drug-likeness (QED) is 0.451. The predicted molar refractivity (Wildman–Crippen MR) is 112 cm³/mol. The number of amides is 3. The molecule has 14 nitrogen and oxygen atoms in total. The Kier molecular flexibility index (Phi) is 6.85. The summed E-state index contributed by atoms with van der Waals surface area (Å²) in [7, 11) is -4.82. The Morgan fingerprint density at radius 2 is 2.06 bits per heavy atom. The Morgan fingerprint density at radius 3 is 2.70 bits per heavy atom. The maximum absolute atomic E-state index is 12.5. The lowest BCUT2D eigenvalue weighted by molar-refractivity contribution is -0.0317. The number of nitrogens with zero attached hydrogens (tertiary/aromatic N) is 4. The maximum Gasteiger partial charge on any atom is 0.418 e. The predicted octanol–water partition coefficient (Wildman–Crippen LogP) is 1.43. The van der Waals surface area contributed by atoms with Crippen molar-refractivity contribution in [2.45, 2.75) is 64.1 Å². The van der Waals surface area contributed by atoms with Gasteiger partial charge in [-0.3, -0.25) is 9.87 Å². The average molecular weight is 489 g/mol. The zero-order valence-corrected chi connectivity index (χ0v) is 19.6. The Morgan fingerprint density at radius 1 is 1.36 bits per heavy atom. The van der Waals surface area contributed by atoms with Crippen LogP contribution >= 0.6 is 0 Å². The minimum Gasteiger partial charge on any atom is -0.444 e. The Balaban J connectivity index is 1.56. The largest absolute Gasteiger partial charge is 0.444 e. The first-order valence-corrected chi connectivity index (χ1v) is 11.6. The van der Waals surface area contributed by atoms with Gasteiger partial charge in [0.25, 0.3) is 0 Å². The number of hydroxylamine groups is 2. The molecule has 0 unspecified atom stereocenters.